The van der Waals surface area contributed by atoms with E-state index in [1.807, 2.05) is 0 Å². The Morgan fingerprint density at radius 3 is 0.924 bits per heavy atom. The molecule has 0 aromatic carbocycles. The third-order valence-corrected chi connectivity index (χ3v) is 14.2. The van der Waals surface area contributed by atoms with Crippen LogP contribution in [0.25, 0.3) is 0 Å². The second-order valence-corrected chi connectivity index (χ2v) is 20.8. The van der Waals surface area contributed by atoms with Gasteiger partial charge in [0, 0.05) is 6.42 Å². The zero-order valence-electron chi connectivity index (χ0n) is 45.0. The molecule has 4 nitrogen and oxygen atoms in total. The van der Waals surface area contributed by atoms with Crippen LogP contribution in [0, 0.1) is 0 Å². The first kappa shape index (κ1) is 64.6. The van der Waals surface area contributed by atoms with Crippen LogP contribution in [0.5, 0.6) is 0 Å². The SMILES string of the molecule is CCCCCCC/C=C\C/C=C\C/C=C\CCCCCCCCCCC(=O)NC(CO)C(O)CCCCCCCCCCCCCCCCCCCCCCCCCCCCCCCCC. The lowest BCUT2D eigenvalue weighted by molar-refractivity contribution is -0.123. The van der Waals surface area contributed by atoms with Crippen LogP contribution in [0.3, 0.4) is 0 Å². The minimum absolute atomic E-state index is 0.0344. The summed E-state index contributed by atoms with van der Waals surface area (Å²) in [4.78, 5) is 12.5. The highest BCUT2D eigenvalue weighted by atomic mass is 16.3. The Labute approximate surface area is 414 Å². The number of carbonyl (C=O) groups is 1. The number of nitrogens with one attached hydrogen (secondary N) is 1. The quantitative estimate of drug-likeness (QED) is 0.0420. The molecule has 4 heteroatoms. The van der Waals surface area contributed by atoms with E-state index < -0.39 is 12.1 Å². The highest BCUT2D eigenvalue weighted by Crippen LogP contribution is 2.18. The summed E-state index contributed by atoms with van der Waals surface area (Å²) in [6.45, 7) is 4.38. The largest absolute Gasteiger partial charge is 0.394 e. The van der Waals surface area contributed by atoms with E-state index in [1.54, 1.807) is 0 Å². The molecule has 0 aliphatic heterocycles. The molecule has 0 saturated carbocycles. The van der Waals surface area contributed by atoms with E-state index in [4.69, 9.17) is 0 Å². The predicted octanol–water partition coefficient (Wildman–Crippen LogP) is 20.0. The summed E-state index contributed by atoms with van der Waals surface area (Å²) in [6, 6.07) is -0.542. The van der Waals surface area contributed by atoms with Crippen LogP contribution < -0.4 is 5.32 Å². The van der Waals surface area contributed by atoms with E-state index in [0.29, 0.717) is 12.8 Å². The number of unbranched alkanes of at least 4 members (excludes halogenated alkanes) is 43. The van der Waals surface area contributed by atoms with Crippen LogP contribution >= 0.6 is 0 Å². The zero-order valence-corrected chi connectivity index (χ0v) is 45.0. The van der Waals surface area contributed by atoms with Gasteiger partial charge >= 0.3 is 0 Å². The van der Waals surface area contributed by atoms with Gasteiger partial charge in [-0.1, -0.05) is 314 Å². The molecular weight excluding hydrogens is 807 g/mol. The average Bonchev–Trinajstić information content (AvgIpc) is 3.32. The number of amides is 1. The summed E-state index contributed by atoms with van der Waals surface area (Å²) in [6.07, 6.45) is 78.6. The lowest BCUT2D eigenvalue weighted by Gasteiger charge is -2.22. The molecule has 0 rings (SSSR count). The van der Waals surface area contributed by atoms with Crippen LogP contribution in [0.1, 0.15) is 335 Å². The number of aliphatic hydroxyl groups is 2. The molecule has 2 atom stereocenters. The Morgan fingerprint density at radius 1 is 0.364 bits per heavy atom. The maximum Gasteiger partial charge on any atom is 0.220 e. The molecule has 66 heavy (non-hydrogen) atoms. The maximum absolute atomic E-state index is 12.5. The lowest BCUT2D eigenvalue weighted by Crippen LogP contribution is -2.45. The van der Waals surface area contributed by atoms with Gasteiger partial charge in [-0.3, -0.25) is 4.79 Å². The van der Waals surface area contributed by atoms with Crippen molar-refractivity contribution in [2.45, 2.75) is 347 Å². The third kappa shape index (κ3) is 53.6. The van der Waals surface area contributed by atoms with E-state index in [2.05, 4.69) is 55.6 Å². The molecule has 2 unspecified atom stereocenters. The standard InChI is InChI=1S/C62H119NO3/c1-3-5-7-9-11-13-15-17-19-21-23-25-27-28-29-30-31-32-33-34-36-37-39-41-43-45-47-49-51-53-55-57-61(65)60(59-64)63-62(66)58-56-54-52-50-48-46-44-42-40-38-35-26-24-22-20-18-16-14-12-10-8-6-4-2/h16,18,22,24,35,38,60-61,64-65H,3-15,17,19-21,23,25-34,36-37,39-59H2,1-2H3,(H,63,66)/b18-16-,24-22-,38-35-. The summed E-state index contributed by atoms with van der Waals surface area (Å²) >= 11 is 0. The van der Waals surface area contributed by atoms with Gasteiger partial charge in [0.25, 0.3) is 0 Å². The van der Waals surface area contributed by atoms with Crippen molar-refractivity contribution in [2.24, 2.45) is 0 Å². The van der Waals surface area contributed by atoms with E-state index >= 15 is 0 Å². The van der Waals surface area contributed by atoms with E-state index in [1.165, 1.54) is 270 Å². The first-order valence-corrected chi connectivity index (χ1v) is 30.2. The molecule has 0 bridgehead atoms. The summed E-state index contributed by atoms with van der Waals surface area (Å²) in [5, 5.41) is 23.4. The number of allylic oxidation sites excluding steroid dienone is 6. The smallest absolute Gasteiger partial charge is 0.220 e. The van der Waals surface area contributed by atoms with Crippen LogP contribution in [0.2, 0.25) is 0 Å². The number of carbonyl (C=O) groups excluding carboxylic acids is 1. The fourth-order valence-corrected chi connectivity index (χ4v) is 9.55. The van der Waals surface area contributed by atoms with E-state index in [-0.39, 0.29) is 12.5 Å². The number of hydrogen-bond acceptors (Lipinski definition) is 3. The van der Waals surface area contributed by atoms with Crippen molar-refractivity contribution in [1.29, 1.82) is 0 Å². The Bertz CT molecular complexity index is 1010. The van der Waals surface area contributed by atoms with Gasteiger partial charge in [-0.25, -0.2) is 0 Å². The van der Waals surface area contributed by atoms with Crippen LogP contribution in [0.4, 0.5) is 0 Å². The fourth-order valence-electron chi connectivity index (χ4n) is 9.55. The highest BCUT2D eigenvalue weighted by molar-refractivity contribution is 5.76. The predicted molar refractivity (Wildman–Crippen MR) is 295 cm³/mol. The molecule has 0 aromatic rings. The number of rotatable bonds is 56. The highest BCUT2D eigenvalue weighted by Gasteiger charge is 2.20. The second kappa shape index (κ2) is 57.9. The molecule has 0 radical (unpaired) electrons. The maximum atomic E-state index is 12.5. The third-order valence-electron chi connectivity index (χ3n) is 14.2. The molecule has 3 N–H and O–H groups in total. The molecule has 0 aliphatic carbocycles. The molecule has 1 amide bonds. The zero-order chi connectivity index (χ0) is 47.7. The van der Waals surface area contributed by atoms with Gasteiger partial charge in [-0.15, -0.1) is 0 Å². The molecule has 0 saturated heterocycles. The summed E-state index contributed by atoms with van der Waals surface area (Å²) in [5.74, 6) is -0.0344. The van der Waals surface area contributed by atoms with Crippen LogP contribution in [0.15, 0.2) is 36.5 Å². The minimum atomic E-state index is -0.665. The second-order valence-electron chi connectivity index (χ2n) is 20.8. The van der Waals surface area contributed by atoms with Gasteiger partial charge in [0.2, 0.25) is 5.91 Å². The Balaban J connectivity index is 3.43. The van der Waals surface area contributed by atoms with Crippen molar-refractivity contribution < 1.29 is 15.0 Å². The summed E-state index contributed by atoms with van der Waals surface area (Å²) in [7, 11) is 0. The van der Waals surface area contributed by atoms with Crippen molar-refractivity contribution in [3.8, 4) is 0 Å². The Kier molecular flexibility index (Phi) is 56.7. The summed E-state index contributed by atoms with van der Waals surface area (Å²) < 4.78 is 0. The van der Waals surface area contributed by atoms with Crippen molar-refractivity contribution in [3.63, 3.8) is 0 Å². The van der Waals surface area contributed by atoms with Crippen LogP contribution in [-0.4, -0.2) is 34.9 Å². The first-order valence-electron chi connectivity index (χ1n) is 30.2. The molecular formula is C62H119NO3. The van der Waals surface area contributed by atoms with Gasteiger partial charge in [-0.05, 0) is 51.4 Å². The Hall–Kier alpha value is -1.39. The average molecular weight is 927 g/mol. The van der Waals surface area contributed by atoms with E-state index in [9.17, 15) is 15.0 Å². The van der Waals surface area contributed by atoms with Gasteiger partial charge in [-0.2, -0.15) is 0 Å². The van der Waals surface area contributed by atoms with Crippen LogP contribution in [-0.2, 0) is 4.79 Å². The molecule has 0 aliphatic rings. The topological polar surface area (TPSA) is 69.6 Å². The minimum Gasteiger partial charge on any atom is -0.394 e. The van der Waals surface area contributed by atoms with Crippen molar-refractivity contribution in [3.05, 3.63) is 36.5 Å². The summed E-state index contributed by atoms with van der Waals surface area (Å²) in [5.41, 5.74) is 0. The number of hydrogen-bond donors (Lipinski definition) is 3. The monoisotopic (exact) mass is 926 g/mol. The van der Waals surface area contributed by atoms with Gasteiger partial charge in [0.05, 0.1) is 18.8 Å². The molecule has 390 valence electrons. The molecule has 0 fully saturated rings. The first-order chi connectivity index (χ1) is 32.7. The molecule has 0 spiro atoms. The van der Waals surface area contributed by atoms with Crippen molar-refractivity contribution in [2.75, 3.05) is 6.61 Å². The number of aliphatic hydroxyl groups excluding tert-OH is 2. The molecule has 0 heterocycles. The lowest BCUT2D eigenvalue weighted by atomic mass is 10.0. The fraction of sp³-hybridized carbons (Fsp3) is 0.887. The van der Waals surface area contributed by atoms with Gasteiger partial charge < -0.3 is 15.5 Å². The molecule has 0 aromatic heterocycles. The van der Waals surface area contributed by atoms with Crippen molar-refractivity contribution >= 4 is 5.91 Å². The van der Waals surface area contributed by atoms with E-state index in [0.717, 1.165) is 38.5 Å². The van der Waals surface area contributed by atoms with Crippen molar-refractivity contribution in [1.82, 2.24) is 5.32 Å². The normalized spacial score (nSPS) is 13.0. The van der Waals surface area contributed by atoms with Gasteiger partial charge in [0.15, 0.2) is 0 Å². The van der Waals surface area contributed by atoms with Gasteiger partial charge in [0.1, 0.15) is 0 Å². The Morgan fingerprint density at radius 2 is 0.621 bits per heavy atom.